The molecule has 0 radical (unpaired) electrons. The van der Waals surface area contributed by atoms with E-state index in [1.54, 1.807) is 6.20 Å². The van der Waals surface area contributed by atoms with E-state index in [2.05, 4.69) is 35.7 Å². The molecule has 0 spiro atoms. The number of nitrogens with zero attached hydrogens (tertiary/aromatic N) is 4. The molecule has 10 heavy (non-hydrogen) atoms. The lowest BCUT2D eigenvalue weighted by atomic mass is 10.5. The first-order valence-electron chi connectivity index (χ1n) is 2.47. The summed E-state index contributed by atoms with van der Waals surface area (Å²) in [6.07, 6.45) is 1.64. The van der Waals surface area contributed by atoms with Gasteiger partial charge in [0.25, 0.3) is 0 Å². The van der Waals surface area contributed by atoms with Crippen molar-refractivity contribution in [2.75, 3.05) is 0 Å². The van der Waals surface area contributed by atoms with Gasteiger partial charge in [-0.25, -0.2) is 0 Å². The molecule has 4 nitrogen and oxygen atoms in total. The Balaban J connectivity index is 2.95. The summed E-state index contributed by atoms with van der Waals surface area (Å²) in [7, 11) is 0. The van der Waals surface area contributed by atoms with Crippen molar-refractivity contribution in [1.82, 2.24) is 19.8 Å². The minimum atomic E-state index is 0.652. The summed E-state index contributed by atoms with van der Waals surface area (Å²) < 4.78 is 5.34. The van der Waals surface area contributed by atoms with Crippen LogP contribution in [-0.4, -0.2) is 19.8 Å². The highest BCUT2D eigenvalue weighted by Crippen LogP contribution is 2.19. The predicted octanol–water partition coefficient (Wildman–Crippen LogP) is 1.24. The van der Waals surface area contributed by atoms with E-state index in [9.17, 15) is 0 Å². The lowest BCUT2D eigenvalue weighted by Crippen LogP contribution is -1.80. The number of halogens is 1. The molecule has 2 aromatic rings. The van der Waals surface area contributed by atoms with Gasteiger partial charge in [0.05, 0.1) is 10.9 Å². The third-order valence-corrected chi connectivity index (χ3v) is 2.22. The molecular formula is C4HBrN4S. The van der Waals surface area contributed by atoms with Gasteiger partial charge in [-0.2, -0.15) is 5.10 Å². The lowest BCUT2D eigenvalue weighted by molar-refractivity contribution is 1.02. The highest BCUT2D eigenvalue weighted by molar-refractivity contribution is 9.10. The van der Waals surface area contributed by atoms with Crippen LogP contribution in [0.25, 0.3) is 10.2 Å². The second-order valence-corrected chi connectivity index (χ2v) is 3.16. The predicted molar refractivity (Wildman–Crippen MR) is 40.7 cm³/mol. The summed E-state index contributed by atoms with van der Waals surface area (Å²) in [4.78, 5) is 0. The van der Waals surface area contributed by atoms with Crippen LogP contribution in [0.5, 0.6) is 0 Å². The molecular weight excluding hydrogens is 216 g/mol. The summed E-state index contributed by atoms with van der Waals surface area (Å²) in [5.41, 5.74) is 0.778. The fourth-order valence-electron chi connectivity index (χ4n) is 0.605. The van der Waals surface area contributed by atoms with Gasteiger partial charge >= 0.3 is 0 Å². The van der Waals surface area contributed by atoms with Crippen LogP contribution in [0.2, 0.25) is 0 Å². The molecule has 0 bridgehead atoms. The van der Waals surface area contributed by atoms with Crippen LogP contribution in [0.4, 0.5) is 0 Å². The summed E-state index contributed by atoms with van der Waals surface area (Å²) in [5, 5.41) is 11.3. The Morgan fingerprint density at radius 2 is 2.30 bits per heavy atom. The van der Waals surface area contributed by atoms with E-state index >= 15 is 0 Å². The van der Waals surface area contributed by atoms with E-state index in [0.717, 1.165) is 10.2 Å². The number of hydrogen-bond acceptors (Lipinski definition) is 5. The highest BCUT2D eigenvalue weighted by Gasteiger charge is 2.02. The first-order chi connectivity index (χ1) is 4.88. The van der Waals surface area contributed by atoms with Crippen LogP contribution in [0, 0.1) is 0 Å². The van der Waals surface area contributed by atoms with Gasteiger partial charge < -0.3 is 0 Å². The van der Waals surface area contributed by atoms with Gasteiger partial charge in [-0.15, -0.1) is 10.2 Å². The monoisotopic (exact) mass is 216 g/mol. The van der Waals surface area contributed by atoms with Crippen LogP contribution < -0.4 is 0 Å². The maximum absolute atomic E-state index is 3.84. The molecule has 0 unspecified atom stereocenters. The van der Waals surface area contributed by atoms with E-state index in [4.69, 9.17) is 0 Å². The zero-order chi connectivity index (χ0) is 6.97. The minimum absolute atomic E-state index is 0.652. The molecule has 0 fully saturated rings. The zero-order valence-corrected chi connectivity index (χ0v) is 7.05. The average molecular weight is 217 g/mol. The Morgan fingerprint density at radius 3 is 3.10 bits per heavy atom. The SMILES string of the molecule is Brc1nncc2snnc12. The van der Waals surface area contributed by atoms with Crippen LogP contribution in [0.1, 0.15) is 0 Å². The molecule has 0 atom stereocenters. The smallest absolute Gasteiger partial charge is 0.156 e. The second-order valence-electron chi connectivity index (χ2n) is 1.62. The molecule has 2 aromatic heterocycles. The van der Waals surface area contributed by atoms with Gasteiger partial charge in [-0.05, 0) is 27.5 Å². The van der Waals surface area contributed by atoms with E-state index in [1.807, 2.05) is 0 Å². The number of hydrogen-bond donors (Lipinski definition) is 0. The van der Waals surface area contributed by atoms with Crippen LogP contribution >= 0.6 is 27.5 Å². The molecule has 2 heterocycles. The third kappa shape index (κ3) is 0.800. The summed E-state index contributed by atoms with van der Waals surface area (Å²) in [5.74, 6) is 0. The van der Waals surface area contributed by atoms with E-state index in [1.165, 1.54) is 11.5 Å². The zero-order valence-electron chi connectivity index (χ0n) is 4.65. The molecule has 0 aliphatic heterocycles. The molecule has 0 amide bonds. The van der Waals surface area contributed by atoms with E-state index < -0.39 is 0 Å². The van der Waals surface area contributed by atoms with Crippen molar-refractivity contribution in [3.63, 3.8) is 0 Å². The molecule has 0 aromatic carbocycles. The van der Waals surface area contributed by atoms with Crippen LogP contribution in [0.15, 0.2) is 10.8 Å². The minimum Gasteiger partial charge on any atom is -0.156 e. The summed E-state index contributed by atoms with van der Waals surface area (Å²) >= 11 is 4.51. The lowest BCUT2D eigenvalue weighted by Gasteiger charge is -1.84. The van der Waals surface area contributed by atoms with Gasteiger partial charge in [-0.3, -0.25) is 0 Å². The highest BCUT2D eigenvalue weighted by atomic mass is 79.9. The molecule has 50 valence electrons. The molecule has 0 N–H and O–H groups in total. The molecule has 0 aliphatic rings. The maximum atomic E-state index is 3.84. The first-order valence-corrected chi connectivity index (χ1v) is 4.04. The third-order valence-electron chi connectivity index (χ3n) is 1.03. The fourth-order valence-corrected chi connectivity index (χ4v) is 1.65. The maximum Gasteiger partial charge on any atom is 0.157 e. The number of fused-ring (bicyclic) bond motifs is 1. The molecule has 2 rings (SSSR count). The van der Waals surface area contributed by atoms with Crippen LogP contribution in [0.3, 0.4) is 0 Å². The van der Waals surface area contributed by atoms with Gasteiger partial charge in [0.1, 0.15) is 5.52 Å². The van der Waals surface area contributed by atoms with Crippen molar-refractivity contribution in [2.45, 2.75) is 0 Å². The second kappa shape index (κ2) is 2.21. The standard InChI is InChI=1S/C4HBrN4S/c5-4-3-2(1-6-8-4)10-9-7-3/h1H. The Labute approximate surface area is 68.6 Å². The van der Waals surface area contributed by atoms with Crippen molar-refractivity contribution in [2.24, 2.45) is 0 Å². The summed E-state index contributed by atoms with van der Waals surface area (Å²) in [6.45, 7) is 0. The molecule has 6 heteroatoms. The molecule has 0 saturated carbocycles. The van der Waals surface area contributed by atoms with Crippen LogP contribution in [-0.2, 0) is 0 Å². The van der Waals surface area contributed by atoms with E-state index in [-0.39, 0.29) is 0 Å². The Hall–Kier alpha value is -0.620. The van der Waals surface area contributed by atoms with Gasteiger partial charge in [0, 0.05) is 0 Å². The van der Waals surface area contributed by atoms with Gasteiger partial charge in [0.2, 0.25) is 0 Å². The molecule has 0 saturated heterocycles. The van der Waals surface area contributed by atoms with Crippen molar-refractivity contribution in [3.05, 3.63) is 10.8 Å². The number of aromatic nitrogens is 4. The van der Waals surface area contributed by atoms with Crippen molar-refractivity contribution >= 4 is 37.7 Å². The Kier molecular flexibility index (Phi) is 1.35. The van der Waals surface area contributed by atoms with Crippen molar-refractivity contribution in [1.29, 1.82) is 0 Å². The van der Waals surface area contributed by atoms with Crippen molar-refractivity contribution in [3.8, 4) is 0 Å². The van der Waals surface area contributed by atoms with Gasteiger partial charge in [0.15, 0.2) is 4.60 Å². The Morgan fingerprint density at radius 1 is 1.40 bits per heavy atom. The fraction of sp³-hybridized carbons (Fsp3) is 0. The topological polar surface area (TPSA) is 51.6 Å². The summed E-state index contributed by atoms with van der Waals surface area (Å²) in [6, 6.07) is 0. The quantitative estimate of drug-likeness (QED) is 0.666. The van der Waals surface area contributed by atoms with Gasteiger partial charge in [-0.1, -0.05) is 4.49 Å². The first kappa shape index (κ1) is 6.11. The molecule has 0 aliphatic carbocycles. The average Bonchev–Trinajstić information content (AvgIpc) is 2.36. The van der Waals surface area contributed by atoms with Crippen molar-refractivity contribution < 1.29 is 0 Å². The number of rotatable bonds is 0. The Bertz CT molecular complexity index is 359. The van der Waals surface area contributed by atoms with E-state index in [0.29, 0.717) is 4.60 Å². The normalized spacial score (nSPS) is 10.5. The largest absolute Gasteiger partial charge is 0.157 e.